The van der Waals surface area contributed by atoms with Gasteiger partial charge in [-0.3, -0.25) is 9.69 Å². The number of nitrogens with zero attached hydrogens (tertiary/aromatic N) is 2. The average molecular weight is 558 g/mol. The molecular weight excluding hydrogens is 528 g/mol. The van der Waals surface area contributed by atoms with Crippen molar-refractivity contribution >= 4 is 12.0 Å². The number of nitrogens with one attached hydrogen (secondary N) is 1. The molecule has 4 rings (SSSR count). The molecule has 1 N–H and O–H groups in total. The van der Waals surface area contributed by atoms with Crippen molar-refractivity contribution in [1.29, 1.82) is 0 Å². The van der Waals surface area contributed by atoms with Crippen LogP contribution in [0.25, 0.3) is 0 Å². The van der Waals surface area contributed by atoms with E-state index in [2.05, 4.69) is 10.2 Å². The molecule has 2 amide bonds. The number of carbonyl (C=O) groups is 2. The van der Waals surface area contributed by atoms with E-state index >= 15 is 0 Å². The molecule has 212 valence electrons. The van der Waals surface area contributed by atoms with E-state index < -0.39 is 41.0 Å². The second-order valence-electron chi connectivity index (χ2n) is 9.86. The number of amides is 2. The molecular formula is C27H29F6N3O3. The fraction of sp³-hybridized carbons (Fsp3) is 0.481. The molecule has 0 saturated carbocycles. The molecule has 2 aromatic carbocycles. The molecule has 39 heavy (non-hydrogen) atoms. The zero-order valence-corrected chi connectivity index (χ0v) is 21.0. The van der Waals surface area contributed by atoms with E-state index in [9.17, 15) is 35.9 Å². The first kappa shape index (κ1) is 28.7. The minimum absolute atomic E-state index is 0.000878. The standard InChI is InChI=1S/C27H29F6N3O3/c28-26(29,30)20-13-19(14-21(15-20)27(31,32)33)24(37)34-22-8-11-36(16-22)23-7-4-10-35(12-9-23)25(38)39-17-18-5-2-1-3-6-18/h1-3,5-6,13-15,22-23H,4,7-12,16-17H2,(H,34,37)/t22?,23-/m0/s1. The summed E-state index contributed by atoms with van der Waals surface area (Å²) in [6.07, 6.45) is -7.68. The molecule has 12 heteroatoms. The van der Waals surface area contributed by atoms with Crippen LogP contribution in [0.3, 0.4) is 0 Å². The summed E-state index contributed by atoms with van der Waals surface area (Å²) >= 11 is 0. The van der Waals surface area contributed by atoms with Crippen LogP contribution in [0.4, 0.5) is 31.1 Å². The molecule has 0 spiro atoms. The second kappa shape index (κ2) is 11.8. The van der Waals surface area contributed by atoms with Gasteiger partial charge in [0.25, 0.3) is 5.91 Å². The highest BCUT2D eigenvalue weighted by molar-refractivity contribution is 5.95. The third-order valence-corrected chi connectivity index (χ3v) is 7.08. The highest BCUT2D eigenvalue weighted by atomic mass is 19.4. The van der Waals surface area contributed by atoms with Crippen molar-refractivity contribution in [2.45, 2.75) is 56.7 Å². The molecule has 0 bridgehead atoms. The lowest BCUT2D eigenvalue weighted by Gasteiger charge is -2.27. The predicted octanol–water partition coefficient (Wildman–Crippen LogP) is 5.72. The van der Waals surface area contributed by atoms with Crippen molar-refractivity contribution in [3.05, 3.63) is 70.8 Å². The summed E-state index contributed by atoms with van der Waals surface area (Å²) in [6.45, 7) is 2.26. The van der Waals surface area contributed by atoms with Gasteiger partial charge < -0.3 is 15.0 Å². The lowest BCUT2D eigenvalue weighted by Crippen LogP contribution is -2.40. The van der Waals surface area contributed by atoms with Crippen molar-refractivity contribution < 1.29 is 40.7 Å². The van der Waals surface area contributed by atoms with E-state index in [0.717, 1.165) is 18.4 Å². The second-order valence-corrected chi connectivity index (χ2v) is 9.86. The Bertz CT molecular complexity index is 1120. The Morgan fingerprint density at radius 2 is 1.54 bits per heavy atom. The van der Waals surface area contributed by atoms with Gasteiger partial charge in [-0.1, -0.05) is 30.3 Å². The van der Waals surface area contributed by atoms with Gasteiger partial charge in [-0.05, 0) is 49.4 Å². The zero-order chi connectivity index (χ0) is 28.2. The molecule has 2 atom stereocenters. The lowest BCUT2D eigenvalue weighted by atomic mass is 10.0. The van der Waals surface area contributed by atoms with Crippen molar-refractivity contribution in [3.8, 4) is 0 Å². The van der Waals surface area contributed by atoms with Crippen LogP contribution in [0, 0.1) is 0 Å². The van der Waals surface area contributed by atoms with Crippen LogP contribution in [-0.4, -0.2) is 60.1 Å². The monoisotopic (exact) mass is 557 g/mol. The van der Waals surface area contributed by atoms with Crippen molar-refractivity contribution in [2.24, 2.45) is 0 Å². The Hall–Kier alpha value is -3.28. The van der Waals surface area contributed by atoms with Crippen LogP contribution in [-0.2, 0) is 23.7 Å². The van der Waals surface area contributed by atoms with Crippen LogP contribution in [0.15, 0.2) is 48.5 Å². The van der Waals surface area contributed by atoms with Crippen molar-refractivity contribution in [3.63, 3.8) is 0 Å². The highest BCUT2D eigenvalue weighted by Crippen LogP contribution is 2.36. The number of hydrogen-bond acceptors (Lipinski definition) is 4. The molecule has 2 aliphatic rings. The van der Waals surface area contributed by atoms with Gasteiger partial charge in [0.2, 0.25) is 0 Å². The van der Waals surface area contributed by atoms with Crippen LogP contribution >= 0.6 is 0 Å². The van der Waals surface area contributed by atoms with E-state index in [-0.39, 0.29) is 24.8 Å². The molecule has 0 aromatic heterocycles. The van der Waals surface area contributed by atoms with Crippen LogP contribution in [0.2, 0.25) is 0 Å². The number of hydrogen-bond donors (Lipinski definition) is 1. The minimum Gasteiger partial charge on any atom is -0.445 e. The minimum atomic E-state index is -5.03. The summed E-state index contributed by atoms with van der Waals surface area (Å²) in [6, 6.07) is 9.94. The molecule has 2 heterocycles. The quantitative estimate of drug-likeness (QED) is 0.478. The maximum atomic E-state index is 13.2. The van der Waals surface area contributed by atoms with Gasteiger partial charge in [0.15, 0.2) is 0 Å². The van der Waals surface area contributed by atoms with Crippen LogP contribution in [0.1, 0.15) is 52.7 Å². The summed E-state index contributed by atoms with van der Waals surface area (Å²) in [5, 5.41) is 2.60. The van der Waals surface area contributed by atoms with E-state index in [1.54, 1.807) is 4.90 Å². The highest BCUT2D eigenvalue weighted by Gasteiger charge is 2.38. The Morgan fingerprint density at radius 3 is 2.18 bits per heavy atom. The first-order valence-corrected chi connectivity index (χ1v) is 12.7. The Kier molecular flexibility index (Phi) is 8.73. The van der Waals surface area contributed by atoms with Gasteiger partial charge in [-0.2, -0.15) is 26.3 Å². The van der Waals surface area contributed by atoms with Gasteiger partial charge in [-0.25, -0.2) is 4.79 Å². The van der Waals surface area contributed by atoms with Crippen LogP contribution in [0.5, 0.6) is 0 Å². The van der Waals surface area contributed by atoms with E-state index in [1.807, 2.05) is 30.3 Å². The Balaban J connectivity index is 1.31. The average Bonchev–Trinajstić information content (AvgIpc) is 3.21. The number of carbonyl (C=O) groups excluding carboxylic acids is 2. The number of ether oxygens (including phenoxy) is 1. The van der Waals surface area contributed by atoms with Gasteiger partial charge in [-0.15, -0.1) is 0 Å². The SMILES string of the molecule is O=C(NC1CCN([C@H]2CCCN(C(=O)OCc3ccccc3)CC2)C1)c1cc(C(F)(F)F)cc(C(F)(F)F)c1. The summed E-state index contributed by atoms with van der Waals surface area (Å²) in [5.41, 5.74) is -2.85. The van der Waals surface area contributed by atoms with E-state index in [0.29, 0.717) is 51.2 Å². The normalized spacial score (nSPS) is 20.9. The largest absolute Gasteiger partial charge is 0.445 e. The summed E-state index contributed by atoms with van der Waals surface area (Å²) in [5.74, 6) is -0.980. The fourth-order valence-corrected chi connectivity index (χ4v) is 5.03. The lowest BCUT2D eigenvalue weighted by molar-refractivity contribution is -0.143. The van der Waals surface area contributed by atoms with Gasteiger partial charge in [0.05, 0.1) is 11.1 Å². The first-order valence-electron chi connectivity index (χ1n) is 12.7. The topological polar surface area (TPSA) is 61.9 Å². The number of alkyl halides is 6. The maximum Gasteiger partial charge on any atom is 0.416 e. The Labute approximate surface area is 221 Å². The Morgan fingerprint density at radius 1 is 0.872 bits per heavy atom. The predicted molar refractivity (Wildman–Crippen MR) is 130 cm³/mol. The maximum absolute atomic E-state index is 13.2. The van der Waals surface area contributed by atoms with E-state index in [1.165, 1.54) is 0 Å². The summed E-state index contributed by atoms with van der Waals surface area (Å²) < 4.78 is 84.4. The number of halogens is 6. The molecule has 2 aromatic rings. The summed E-state index contributed by atoms with van der Waals surface area (Å²) in [4.78, 5) is 29.0. The molecule has 2 fully saturated rings. The third-order valence-electron chi connectivity index (χ3n) is 7.08. The number of likely N-dealkylation sites (tertiary alicyclic amines) is 2. The van der Waals surface area contributed by atoms with Crippen molar-refractivity contribution in [1.82, 2.24) is 15.1 Å². The number of benzene rings is 2. The molecule has 2 aliphatic heterocycles. The molecule has 0 aliphatic carbocycles. The van der Waals surface area contributed by atoms with Crippen LogP contribution < -0.4 is 5.32 Å². The first-order chi connectivity index (χ1) is 18.4. The van der Waals surface area contributed by atoms with Gasteiger partial charge in [0.1, 0.15) is 6.61 Å². The molecule has 2 saturated heterocycles. The smallest absolute Gasteiger partial charge is 0.416 e. The summed E-state index contributed by atoms with van der Waals surface area (Å²) in [7, 11) is 0. The molecule has 1 unspecified atom stereocenters. The van der Waals surface area contributed by atoms with Crippen molar-refractivity contribution in [2.75, 3.05) is 26.2 Å². The molecule has 6 nitrogen and oxygen atoms in total. The van der Waals surface area contributed by atoms with Gasteiger partial charge >= 0.3 is 18.4 Å². The van der Waals surface area contributed by atoms with Gasteiger partial charge in [0, 0.05) is 43.8 Å². The van der Waals surface area contributed by atoms with E-state index in [4.69, 9.17) is 4.74 Å². The molecule has 0 radical (unpaired) electrons. The fourth-order valence-electron chi connectivity index (χ4n) is 5.03. The number of rotatable bonds is 5. The third kappa shape index (κ3) is 7.65. The zero-order valence-electron chi connectivity index (χ0n) is 21.0.